The predicted octanol–water partition coefficient (Wildman–Crippen LogP) is 1.60. The summed E-state index contributed by atoms with van der Waals surface area (Å²) in [7, 11) is 0. The number of carboxylic acids is 1. The third-order valence-electron chi connectivity index (χ3n) is 3.03. The second kappa shape index (κ2) is 7.63. The number of hydrogen-bond donors (Lipinski definition) is 1. The van der Waals surface area contributed by atoms with Crippen LogP contribution >= 0.6 is 0 Å². The maximum Gasteiger partial charge on any atom is 0.303 e. The van der Waals surface area contributed by atoms with Gasteiger partial charge in [0.2, 0.25) is 0 Å². The van der Waals surface area contributed by atoms with Gasteiger partial charge in [0.1, 0.15) is 0 Å². The number of carbonyl (C=O) groups is 1. The molecule has 0 aromatic rings. The van der Waals surface area contributed by atoms with Gasteiger partial charge in [-0.1, -0.05) is 13.3 Å². The number of nitrogens with zero attached hydrogens (tertiary/aromatic N) is 1. The smallest absolute Gasteiger partial charge is 0.303 e. The predicted molar refractivity (Wildman–Crippen MR) is 62.5 cm³/mol. The van der Waals surface area contributed by atoms with E-state index in [1.54, 1.807) is 0 Å². The highest BCUT2D eigenvalue weighted by atomic mass is 16.5. The van der Waals surface area contributed by atoms with Gasteiger partial charge >= 0.3 is 5.97 Å². The lowest BCUT2D eigenvalue weighted by atomic mass is 10.1. The van der Waals surface area contributed by atoms with Gasteiger partial charge in [0.15, 0.2) is 0 Å². The average Bonchev–Trinajstić information content (AvgIpc) is 2.64. The molecule has 1 aliphatic heterocycles. The summed E-state index contributed by atoms with van der Waals surface area (Å²) in [5.41, 5.74) is 0. The summed E-state index contributed by atoms with van der Waals surface area (Å²) in [6.45, 7) is 6.67. The Bertz CT molecular complexity index is 208. The third-order valence-corrected chi connectivity index (χ3v) is 3.03. The van der Waals surface area contributed by atoms with E-state index in [0.29, 0.717) is 12.3 Å². The number of likely N-dealkylation sites (tertiary alicyclic amines) is 1. The van der Waals surface area contributed by atoms with Crippen molar-refractivity contribution in [1.82, 2.24) is 4.90 Å². The molecule has 1 saturated heterocycles. The zero-order valence-electron chi connectivity index (χ0n) is 10.2. The number of carboxylic acid groups (broad SMARTS) is 1. The molecule has 0 bridgehead atoms. The van der Waals surface area contributed by atoms with Crippen LogP contribution in [0.5, 0.6) is 0 Å². The van der Waals surface area contributed by atoms with Crippen molar-refractivity contribution in [3.63, 3.8) is 0 Å². The molecule has 0 amide bonds. The Hall–Kier alpha value is -0.610. The van der Waals surface area contributed by atoms with E-state index in [0.717, 1.165) is 45.7 Å². The molecular weight excluding hydrogens is 206 g/mol. The quantitative estimate of drug-likeness (QED) is 0.642. The summed E-state index contributed by atoms with van der Waals surface area (Å²) in [5.74, 6) is -0.334. The highest BCUT2D eigenvalue weighted by Crippen LogP contribution is 2.18. The first-order chi connectivity index (χ1) is 7.72. The average molecular weight is 229 g/mol. The van der Waals surface area contributed by atoms with Gasteiger partial charge in [-0.2, -0.15) is 0 Å². The molecule has 1 atom stereocenters. The van der Waals surface area contributed by atoms with E-state index in [2.05, 4.69) is 11.8 Å². The highest BCUT2D eigenvalue weighted by Gasteiger charge is 2.23. The van der Waals surface area contributed by atoms with Crippen molar-refractivity contribution < 1.29 is 14.6 Å². The number of aliphatic carboxylic acids is 1. The number of rotatable bonds is 8. The van der Waals surface area contributed by atoms with Gasteiger partial charge in [-0.3, -0.25) is 4.79 Å². The Labute approximate surface area is 97.6 Å². The summed E-state index contributed by atoms with van der Waals surface area (Å²) < 4.78 is 5.49. The Kier molecular flexibility index (Phi) is 6.42. The Balaban J connectivity index is 2.01. The normalized spacial score (nSPS) is 21.4. The zero-order chi connectivity index (χ0) is 11.8. The minimum absolute atomic E-state index is 0.313. The summed E-state index contributed by atoms with van der Waals surface area (Å²) in [6, 6.07) is 0. The Morgan fingerprint density at radius 2 is 2.31 bits per heavy atom. The van der Waals surface area contributed by atoms with Crippen LogP contribution in [-0.2, 0) is 9.53 Å². The minimum atomic E-state index is -0.675. The van der Waals surface area contributed by atoms with Crippen LogP contribution in [0.1, 0.15) is 32.6 Å². The molecule has 1 aliphatic rings. The largest absolute Gasteiger partial charge is 0.481 e. The topological polar surface area (TPSA) is 49.8 Å². The molecular formula is C12H23NO3. The molecule has 94 valence electrons. The molecule has 0 aromatic carbocycles. The summed E-state index contributed by atoms with van der Waals surface area (Å²) in [6.07, 6.45) is 3.63. The number of ether oxygens (including phenoxy) is 1. The van der Waals surface area contributed by atoms with E-state index in [4.69, 9.17) is 9.84 Å². The molecule has 1 rings (SSSR count). The van der Waals surface area contributed by atoms with E-state index < -0.39 is 5.97 Å². The molecule has 0 aromatic heterocycles. The van der Waals surface area contributed by atoms with Crippen LogP contribution in [0.2, 0.25) is 0 Å². The van der Waals surface area contributed by atoms with Gasteiger partial charge < -0.3 is 14.7 Å². The fraction of sp³-hybridized carbons (Fsp3) is 0.917. The molecule has 0 saturated carbocycles. The lowest BCUT2D eigenvalue weighted by molar-refractivity contribution is -0.138. The van der Waals surface area contributed by atoms with Crippen molar-refractivity contribution in [2.24, 2.45) is 5.92 Å². The van der Waals surface area contributed by atoms with Crippen LogP contribution in [0.25, 0.3) is 0 Å². The van der Waals surface area contributed by atoms with Crippen molar-refractivity contribution >= 4 is 5.97 Å². The monoisotopic (exact) mass is 229 g/mol. The lowest BCUT2D eigenvalue weighted by Gasteiger charge is -2.15. The van der Waals surface area contributed by atoms with Gasteiger partial charge in [0, 0.05) is 26.1 Å². The van der Waals surface area contributed by atoms with E-state index >= 15 is 0 Å². The van der Waals surface area contributed by atoms with Crippen LogP contribution in [-0.4, -0.2) is 48.8 Å². The van der Waals surface area contributed by atoms with Crippen molar-refractivity contribution in [3.05, 3.63) is 0 Å². The fourth-order valence-corrected chi connectivity index (χ4v) is 2.07. The summed E-state index contributed by atoms with van der Waals surface area (Å²) in [4.78, 5) is 12.9. The molecule has 0 radical (unpaired) electrons. The first kappa shape index (κ1) is 13.5. The fourth-order valence-electron chi connectivity index (χ4n) is 2.07. The second-order valence-corrected chi connectivity index (χ2v) is 4.52. The van der Waals surface area contributed by atoms with Crippen molar-refractivity contribution in [2.45, 2.75) is 32.6 Å². The standard InChI is InChI=1S/C12H23NO3/c1-2-3-7-16-8-6-13-5-4-11(10-13)9-12(14)15/h11H,2-10H2,1H3,(H,14,15). The third kappa shape index (κ3) is 5.47. The van der Waals surface area contributed by atoms with Crippen LogP contribution in [0, 0.1) is 5.92 Å². The van der Waals surface area contributed by atoms with Crippen molar-refractivity contribution in [3.8, 4) is 0 Å². The van der Waals surface area contributed by atoms with Gasteiger partial charge in [-0.25, -0.2) is 0 Å². The maximum absolute atomic E-state index is 10.6. The van der Waals surface area contributed by atoms with E-state index in [1.165, 1.54) is 6.42 Å². The van der Waals surface area contributed by atoms with Gasteiger partial charge in [0.25, 0.3) is 0 Å². The highest BCUT2D eigenvalue weighted by molar-refractivity contribution is 5.67. The van der Waals surface area contributed by atoms with Crippen molar-refractivity contribution in [2.75, 3.05) is 32.8 Å². The maximum atomic E-state index is 10.6. The zero-order valence-corrected chi connectivity index (χ0v) is 10.2. The van der Waals surface area contributed by atoms with Gasteiger partial charge in [-0.15, -0.1) is 0 Å². The van der Waals surface area contributed by atoms with Crippen LogP contribution < -0.4 is 0 Å². The molecule has 16 heavy (non-hydrogen) atoms. The first-order valence-corrected chi connectivity index (χ1v) is 6.24. The van der Waals surface area contributed by atoms with Crippen molar-refractivity contribution in [1.29, 1.82) is 0 Å². The van der Waals surface area contributed by atoms with E-state index in [1.807, 2.05) is 0 Å². The molecule has 4 nitrogen and oxygen atoms in total. The van der Waals surface area contributed by atoms with Crippen LogP contribution in [0.3, 0.4) is 0 Å². The minimum Gasteiger partial charge on any atom is -0.481 e. The molecule has 4 heteroatoms. The van der Waals surface area contributed by atoms with E-state index in [-0.39, 0.29) is 0 Å². The van der Waals surface area contributed by atoms with Crippen LogP contribution in [0.15, 0.2) is 0 Å². The second-order valence-electron chi connectivity index (χ2n) is 4.52. The summed E-state index contributed by atoms with van der Waals surface area (Å²) >= 11 is 0. The molecule has 0 spiro atoms. The molecule has 1 heterocycles. The lowest BCUT2D eigenvalue weighted by Crippen LogP contribution is -2.25. The Morgan fingerprint density at radius 1 is 1.50 bits per heavy atom. The van der Waals surface area contributed by atoms with Gasteiger partial charge in [0.05, 0.1) is 6.61 Å². The molecule has 1 fully saturated rings. The van der Waals surface area contributed by atoms with Gasteiger partial charge in [-0.05, 0) is 25.3 Å². The molecule has 1 unspecified atom stereocenters. The molecule has 1 N–H and O–H groups in total. The summed E-state index contributed by atoms with van der Waals surface area (Å²) in [5, 5.41) is 8.69. The molecule has 0 aliphatic carbocycles. The number of unbranched alkanes of at least 4 members (excludes halogenated alkanes) is 1. The SMILES string of the molecule is CCCCOCCN1CCC(CC(=O)O)C1. The van der Waals surface area contributed by atoms with Crippen LogP contribution in [0.4, 0.5) is 0 Å². The Morgan fingerprint density at radius 3 is 3.00 bits per heavy atom. The number of hydrogen-bond acceptors (Lipinski definition) is 3. The first-order valence-electron chi connectivity index (χ1n) is 6.24. The van der Waals surface area contributed by atoms with E-state index in [9.17, 15) is 4.79 Å².